The van der Waals surface area contributed by atoms with E-state index >= 15 is 0 Å². The number of aliphatic carboxylic acids is 1. The topological polar surface area (TPSA) is 154 Å². The normalized spacial score (nSPS) is 12.5. The zero-order chi connectivity index (χ0) is 27.1. The molecule has 38 heavy (non-hydrogen) atoms. The summed E-state index contributed by atoms with van der Waals surface area (Å²) in [5.74, 6) is -2.67. The van der Waals surface area contributed by atoms with Crippen LogP contribution in [0.3, 0.4) is 0 Å². The second-order valence-electron chi connectivity index (χ2n) is 8.78. The van der Waals surface area contributed by atoms with Gasteiger partial charge in [-0.25, -0.2) is 4.79 Å². The number of ether oxygens (including phenoxy) is 1. The van der Waals surface area contributed by atoms with Gasteiger partial charge in [0.25, 0.3) is 0 Å². The number of nitrogens with one attached hydrogen (secondary N) is 3. The number of carboxylic acids is 1. The highest BCUT2D eigenvalue weighted by atomic mass is 16.5. The highest BCUT2D eigenvalue weighted by Crippen LogP contribution is 2.44. The van der Waals surface area contributed by atoms with Gasteiger partial charge in [-0.2, -0.15) is 0 Å². The summed E-state index contributed by atoms with van der Waals surface area (Å²) in [6.07, 6.45) is -0.742. The molecule has 1 aliphatic carbocycles. The van der Waals surface area contributed by atoms with Crippen LogP contribution in [0, 0.1) is 0 Å². The fourth-order valence-corrected chi connectivity index (χ4v) is 4.39. The number of phenolic OH excluding ortho intramolecular Hbond substituents is 1. The van der Waals surface area contributed by atoms with Crippen molar-refractivity contribution in [1.82, 2.24) is 16.0 Å². The zero-order valence-corrected chi connectivity index (χ0v) is 20.3. The molecule has 3 aromatic carbocycles. The van der Waals surface area contributed by atoms with Crippen LogP contribution < -0.4 is 16.0 Å². The summed E-state index contributed by atoms with van der Waals surface area (Å²) in [4.78, 5) is 48.1. The van der Waals surface area contributed by atoms with E-state index in [4.69, 9.17) is 9.84 Å². The Morgan fingerprint density at radius 2 is 1.42 bits per heavy atom. The lowest BCUT2D eigenvalue weighted by Gasteiger charge is -2.20. The summed E-state index contributed by atoms with van der Waals surface area (Å²) in [6.45, 7) is -0.987. The van der Waals surface area contributed by atoms with Crippen LogP contribution in [-0.2, 0) is 25.5 Å². The van der Waals surface area contributed by atoms with Gasteiger partial charge in [0, 0.05) is 12.3 Å². The van der Waals surface area contributed by atoms with Crippen LogP contribution in [0.5, 0.6) is 5.75 Å². The van der Waals surface area contributed by atoms with Crippen LogP contribution >= 0.6 is 0 Å². The Morgan fingerprint density at radius 3 is 2.03 bits per heavy atom. The van der Waals surface area contributed by atoms with Crippen molar-refractivity contribution in [3.63, 3.8) is 0 Å². The maximum Gasteiger partial charge on any atom is 0.407 e. The van der Waals surface area contributed by atoms with Crippen molar-refractivity contribution in [2.24, 2.45) is 0 Å². The number of hydrogen-bond acceptors (Lipinski definition) is 6. The van der Waals surface area contributed by atoms with Crippen molar-refractivity contribution >= 4 is 23.9 Å². The van der Waals surface area contributed by atoms with Gasteiger partial charge in [0.2, 0.25) is 11.8 Å². The molecule has 1 atom stereocenters. The Morgan fingerprint density at radius 1 is 0.816 bits per heavy atom. The number of amides is 3. The van der Waals surface area contributed by atoms with Gasteiger partial charge in [-0.15, -0.1) is 0 Å². The van der Waals surface area contributed by atoms with E-state index in [0.29, 0.717) is 5.56 Å². The summed E-state index contributed by atoms with van der Waals surface area (Å²) in [7, 11) is 0. The molecule has 0 fully saturated rings. The molecule has 0 saturated carbocycles. The third kappa shape index (κ3) is 6.47. The molecule has 4 rings (SSSR count). The number of aromatic hydroxyl groups is 1. The number of rotatable bonds is 10. The van der Waals surface area contributed by atoms with Gasteiger partial charge in [-0.3, -0.25) is 14.4 Å². The summed E-state index contributed by atoms with van der Waals surface area (Å²) >= 11 is 0. The highest BCUT2D eigenvalue weighted by Gasteiger charge is 2.30. The second kappa shape index (κ2) is 11.9. The molecule has 10 nitrogen and oxygen atoms in total. The summed E-state index contributed by atoms with van der Waals surface area (Å²) in [5.41, 5.74) is 4.92. The van der Waals surface area contributed by atoms with Crippen LogP contribution in [-0.4, -0.2) is 59.8 Å². The van der Waals surface area contributed by atoms with E-state index < -0.39 is 43.0 Å². The van der Waals surface area contributed by atoms with Gasteiger partial charge in [-0.1, -0.05) is 60.7 Å². The van der Waals surface area contributed by atoms with E-state index in [9.17, 15) is 24.3 Å². The number of hydrogen-bond donors (Lipinski definition) is 5. The molecule has 0 unspecified atom stereocenters. The molecule has 0 spiro atoms. The summed E-state index contributed by atoms with van der Waals surface area (Å²) in [6, 6.07) is 20.9. The predicted octanol–water partition coefficient (Wildman–Crippen LogP) is 2.16. The highest BCUT2D eigenvalue weighted by molar-refractivity contribution is 5.90. The molecule has 5 N–H and O–H groups in total. The summed E-state index contributed by atoms with van der Waals surface area (Å²) < 4.78 is 5.55. The van der Waals surface area contributed by atoms with Gasteiger partial charge in [0.15, 0.2) is 0 Å². The standard InChI is InChI=1S/C28H27N3O7/c32-18-11-9-17(10-12-18)13-24(27(36)30-14-25(33)29-15-26(34)35)31-28(37)38-16-23-21-7-3-1-5-19(21)20-6-2-4-8-22(20)23/h1-12,23-24,32H,13-16H2,(H,29,33)(H,30,36)(H,31,37)(H,34,35)/t24-/m0/s1. The molecular formula is C28H27N3O7. The van der Waals surface area contributed by atoms with E-state index in [1.165, 1.54) is 12.1 Å². The molecular weight excluding hydrogens is 490 g/mol. The molecule has 3 amide bonds. The molecule has 1 aliphatic rings. The monoisotopic (exact) mass is 517 g/mol. The number of phenols is 1. The van der Waals surface area contributed by atoms with Gasteiger partial charge in [-0.05, 0) is 39.9 Å². The van der Waals surface area contributed by atoms with Gasteiger partial charge < -0.3 is 30.9 Å². The Balaban J connectivity index is 1.41. The molecule has 0 bridgehead atoms. The molecule has 0 aromatic heterocycles. The minimum absolute atomic E-state index is 0.0503. The lowest BCUT2D eigenvalue weighted by Crippen LogP contribution is -2.50. The van der Waals surface area contributed by atoms with Crippen molar-refractivity contribution in [3.05, 3.63) is 89.5 Å². The Kier molecular flexibility index (Phi) is 8.22. The maximum atomic E-state index is 12.9. The zero-order valence-electron chi connectivity index (χ0n) is 20.3. The largest absolute Gasteiger partial charge is 0.508 e. The second-order valence-corrected chi connectivity index (χ2v) is 8.78. The lowest BCUT2D eigenvalue weighted by atomic mass is 9.98. The fourth-order valence-electron chi connectivity index (χ4n) is 4.39. The molecule has 0 aliphatic heterocycles. The third-order valence-corrected chi connectivity index (χ3v) is 6.19. The summed E-state index contributed by atoms with van der Waals surface area (Å²) in [5, 5.41) is 25.3. The van der Waals surface area contributed by atoms with Gasteiger partial charge in [0.05, 0.1) is 6.54 Å². The van der Waals surface area contributed by atoms with Crippen LogP contribution in [0.25, 0.3) is 11.1 Å². The van der Waals surface area contributed by atoms with Crippen molar-refractivity contribution in [1.29, 1.82) is 0 Å². The average Bonchev–Trinajstić information content (AvgIpc) is 3.24. The van der Waals surface area contributed by atoms with Gasteiger partial charge in [0.1, 0.15) is 24.9 Å². The first-order valence-electron chi connectivity index (χ1n) is 12.0. The first-order valence-corrected chi connectivity index (χ1v) is 12.0. The number of carboxylic acid groups (broad SMARTS) is 1. The van der Waals surface area contributed by atoms with Crippen LogP contribution in [0.1, 0.15) is 22.6 Å². The number of alkyl carbamates (subject to hydrolysis) is 1. The molecule has 196 valence electrons. The first kappa shape index (κ1) is 26.2. The van der Waals surface area contributed by atoms with Crippen molar-refractivity contribution in [2.45, 2.75) is 18.4 Å². The van der Waals surface area contributed by atoms with Crippen molar-refractivity contribution in [2.75, 3.05) is 19.7 Å². The Labute approximate surface area is 218 Å². The van der Waals surface area contributed by atoms with Crippen LogP contribution in [0.4, 0.5) is 4.79 Å². The van der Waals surface area contributed by atoms with E-state index in [1.54, 1.807) is 12.1 Å². The molecule has 10 heteroatoms. The Bertz CT molecular complexity index is 1290. The first-order chi connectivity index (χ1) is 18.3. The minimum Gasteiger partial charge on any atom is -0.508 e. The fraction of sp³-hybridized carbons (Fsp3) is 0.214. The minimum atomic E-state index is -1.22. The SMILES string of the molecule is O=C(O)CNC(=O)CNC(=O)[C@H](Cc1ccc(O)cc1)NC(=O)OCC1c2ccccc2-c2ccccc21. The number of carbonyl (C=O) groups excluding carboxylic acids is 3. The predicted molar refractivity (Wildman–Crippen MR) is 137 cm³/mol. The molecule has 3 aromatic rings. The molecule has 0 heterocycles. The van der Waals surface area contributed by atoms with Crippen molar-refractivity contribution in [3.8, 4) is 16.9 Å². The van der Waals surface area contributed by atoms with E-state index in [1.807, 2.05) is 48.5 Å². The lowest BCUT2D eigenvalue weighted by molar-refractivity contribution is -0.137. The number of benzene rings is 3. The van der Waals surface area contributed by atoms with Gasteiger partial charge >= 0.3 is 12.1 Å². The maximum absolute atomic E-state index is 12.9. The molecule has 0 saturated heterocycles. The van der Waals surface area contributed by atoms with E-state index in [-0.39, 0.29) is 24.7 Å². The number of fused-ring (bicyclic) bond motifs is 3. The third-order valence-electron chi connectivity index (χ3n) is 6.19. The van der Waals surface area contributed by atoms with Crippen LogP contribution in [0.2, 0.25) is 0 Å². The van der Waals surface area contributed by atoms with E-state index in [0.717, 1.165) is 22.3 Å². The number of carbonyl (C=O) groups is 4. The quantitative estimate of drug-likeness (QED) is 0.276. The molecule has 0 radical (unpaired) electrons. The van der Waals surface area contributed by atoms with Crippen molar-refractivity contribution < 1.29 is 34.1 Å². The average molecular weight is 518 g/mol. The van der Waals surface area contributed by atoms with E-state index in [2.05, 4.69) is 16.0 Å². The van der Waals surface area contributed by atoms with Crippen LogP contribution in [0.15, 0.2) is 72.8 Å². The Hall–Kier alpha value is -4.86. The smallest absolute Gasteiger partial charge is 0.407 e.